The highest BCUT2D eigenvalue weighted by Gasteiger charge is 2.04. The zero-order valence-electron chi connectivity index (χ0n) is 17.6. The van der Waals surface area contributed by atoms with E-state index in [4.69, 9.17) is 0 Å². The van der Waals surface area contributed by atoms with Gasteiger partial charge in [-0.2, -0.15) is 0 Å². The van der Waals surface area contributed by atoms with E-state index in [0.29, 0.717) is 11.4 Å². The average molecular weight is 383 g/mol. The van der Waals surface area contributed by atoms with Crippen LogP contribution in [0.2, 0.25) is 0 Å². The number of hydrogen-bond donors (Lipinski definition) is 1. The highest BCUT2D eigenvalue weighted by Crippen LogP contribution is 2.03. The SMILES string of the molecule is CC(=O)c1cccc(C(C)=O)n1.CN.CN=C(C)c1cccc(C(C)=NC)n1. The molecule has 2 N–H and O–H groups in total. The number of nitrogens with zero attached hydrogens (tertiary/aromatic N) is 4. The second-order valence-electron chi connectivity index (χ2n) is 5.55. The number of ketones is 2. The van der Waals surface area contributed by atoms with Gasteiger partial charge in [-0.15, -0.1) is 0 Å². The molecule has 150 valence electrons. The molecule has 0 spiro atoms. The highest BCUT2D eigenvalue weighted by atomic mass is 16.1. The molecule has 0 saturated heterocycles. The Bertz CT molecular complexity index is 795. The molecule has 0 bridgehead atoms. The first-order chi connectivity index (χ1) is 13.3. The van der Waals surface area contributed by atoms with E-state index in [1.165, 1.54) is 20.9 Å². The van der Waals surface area contributed by atoms with Crippen molar-refractivity contribution in [3.63, 3.8) is 0 Å². The summed E-state index contributed by atoms with van der Waals surface area (Å²) in [5, 5.41) is 0. The van der Waals surface area contributed by atoms with Gasteiger partial charge >= 0.3 is 0 Å². The summed E-state index contributed by atoms with van der Waals surface area (Å²) in [7, 11) is 5.04. The molecule has 0 aliphatic carbocycles. The zero-order chi connectivity index (χ0) is 21.7. The van der Waals surface area contributed by atoms with Gasteiger partial charge in [0.1, 0.15) is 11.4 Å². The highest BCUT2D eigenvalue weighted by molar-refractivity contribution is 6.00. The molecule has 0 aliphatic rings. The molecule has 0 fully saturated rings. The second kappa shape index (κ2) is 13.2. The summed E-state index contributed by atoms with van der Waals surface area (Å²) in [4.78, 5) is 38.2. The summed E-state index contributed by atoms with van der Waals surface area (Å²) in [5.41, 5.74) is 8.87. The molecule has 0 aliphatic heterocycles. The number of aromatic nitrogens is 2. The van der Waals surface area contributed by atoms with Crippen LogP contribution in [0.3, 0.4) is 0 Å². The molecule has 7 heteroatoms. The third-order valence-corrected chi connectivity index (χ3v) is 3.63. The van der Waals surface area contributed by atoms with Crippen molar-refractivity contribution in [2.45, 2.75) is 27.7 Å². The molecule has 0 atom stereocenters. The topological polar surface area (TPSA) is 111 Å². The predicted molar refractivity (Wildman–Crippen MR) is 115 cm³/mol. The Morgan fingerprint density at radius 2 is 0.964 bits per heavy atom. The van der Waals surface area contributed by atoms with Crippen molar-refractivity contribution in [1.29, 1.82) is 0 Å². The van der Waals surface area contributed by atoms with Crippen LogP contribution in [0.5, 0.6) is 0 Å². The van der Waals surface area contributed by atoms with Crippen molar-refractivity contribution < 1.29 is 9.59 Å². The summed E-state index contributed by atoms with van der Waals surface area (Å²) in [6.45, 7) is 6.74. The molecular formula is C21H29N5O2. The molecule has 2 aromatic heterocycles. The molecule has 2 heterocycles. The number of aliphatic imine (C=N–C) groups is 2. The number of rotatable bonds is 4. The van der Waals surface area contributed by atoms with Gasteiger partial charge in [-0.05, 0) is 45.2 Å². The van der Waals surface area contributed by atoms with Crippen LogP contribution in [-0.2, 0) is 0 Å². The molecule has 0 saturated carbocycles. The lowest BCUT2D eigenvalue weighted by Gasteiger charge is -2.02. The summed E-state index contributed by atoms with van der Waals surface area (Å²) >= 11 is 0. The molecule has 28 heavy (non-hydrogen) atoms. The zero-order valence-corrected chi connectivity index (χ0v) is 17.6. The Labute approximate surface area is 166 Å². The maximum absolute atomic E-state index is 10.8. The van der Waals surface area contributed by atoms with Gasteiger partial charge < -0.3 is 5.73 Å². The van der Waals surface area contributed by atoms with E-state index in [9.17, 15) is 9.59 Å². The van der Waals surface area contributed by atoms with E-state index < -0.39 is 0 Å². The third kappa shape index (κ3) is 8.09. The average Bonchev–Trinajstić information content (AvgIpc) is 2.74. The summed E-state index contributed by atoms with van der Waals surface area (Å²) in [6.07, 6.45) is 0. The van der Waals surface area contributed by atoms with Crippen LogP contribution in [0.1, 0.15) is 60.1 Å². The van der Waals surface area contributed by atoms with Crippen LogP contribution in [0.15, 0.2) is 46.4 Å². The number of carbonyl (C=O) groups excluding carboxylic acids is 2. The normalized spacial score (nSPS) is 10.9. The lowest BCUT2D eigenvalue weighted by atomic mass is 10.2. The van der Waals surface area contributed by atoms with Crippen LogP contribution in [0, 0.1) is 0 Å². The minimum absolute atomic E-state index is 0.127. The van der Waals surface area contributed by atoms with E-state index in [-0.39, 0.29) is 11.6 Å². The standard InChI is InChI=1S/C11H15N3.C9H9NO2.CH5N/c1-8(12-3)10-6-5-7-11(14-10)9(2)13-4;1-6(11)8-4-3-5-9(10-8)7(2)12;1-2/h5-7H,1-4H3;3-5H,1-2H3;2H2,1H3. The number of hydrogen-bond acceptors (Lipinski definition) is 7. The predicted octanol–water partition coefficient (Wildman–Crippen LogP) is 3.02. The fraction of sp³-hybridized carbons (Fsp3) is 0.333. The summed E-state index contributed by atoms with van der Waals surface area (Å²) in [6, 6.07) is 10.7. The van der Waals surface area contributed by atoms with Gasteiger partial charge in [0.05, 0.1) is 22.8 Å². The molecule has 2 aromatic rings. The fourth-order valence-corrected chi connectivity index (χ4v) is 1.89. The Balaban J connectivity index is 0.000000483. The van der Waals surface area contributed by atoms with Crippen LogP contribution in [-0.4, -0.2) is 54.1 Å². The van der Waals surface area contributed by atoms with Crippen molar-refractivity contribution in [1.82, 2.24) is 9.97 Å². The molecule has 0 unspecified atom stereocenters. The number of Topliss-reactive ketones (excluding diaryl/α,β-unsaturated/α-hetero) is 2. The maximum Gasteiger partial charge on any atom is 0.178 e. The number of pyridine rings is 2. The number of nitrogens with two attached hydrogens (primary N) is 1. The largest absolute Gasteiger partial charge is 0.333 e. The first-order valence-electron chi connectivity index (χ1n) is 8.71. The van der Waals surface area contributed by atoms with Crippen LogP contribution in [0.4, 0.5) is 0 Å². The van der Waals surface area contributed by atoms with Gasteiger partial charge in [-0.1, -0.05) is 12.1 Å². The molecule has 7 nitrogen and oxygen atoms in total. The minimum Gasteiger partial charge on any atom is -0.333 e. The summed E-state index contributed by atoms with van der Waals surface area (Å²) in [5.74, 6) is -0.254. The van der Waals surface area contributed by atoms with Crippen LogP contribution >= 0.6 is 0 Å². The molecule has 0 radical (unpaired) electrons. The second-order valence-corrected chi connectivity index (χ2v) is 5.55. The maximum atomic E-state index is 10.8. The summed E-state index contributed by atoms with van der Waals surface area (Å²) < 4.78 is 0. The van der Waals surface area contributed by atoms with Gasteiger partial charge in [0.15, 0.2) is 11.6 Å². The fourth-order valence-electron chi connectivity index (χ4n) is 1.89. The smallest absolute Gasteiger partial charge is 0.178 e. The number of carbonyl (C=O) groups is 2. The minimum atomic E-state index is -0.127. The Morgan fingerprint density at radius 3 is 1.25 bits per heavy atom. The quantitative estimate of drug-likeness (QED) is 0.644. The van der Waals surface area contributed by atoms with Crippen LogP contribution in [0.25, 0.3) is 0 Å². The van der Waals surface area contributed by atoms with Gasteiger partial charge in [-0.3, -0.25) is 19.6 Å². The van der Waals surface area contributed by atoms with E-state index in [1.54, 1.807) is 32.3 Å². The van der Waals surface area contributed by atoms with Crippen molar-refractivity contribution in [3.05, 3.63) is 59.2 Å². The molecule has 2 rings (SSSR count). The van der Waals surface area contributed by atoms with Crippen molar-refractivity contribution >= 4 is 23.0 Å². The lowest BCUT2D eigenvalue weighted by molar-refractivity contribution is 0.101. The van der Waals surface area contributed by atoms with Gasteiger partial charge in [-0.25, -0.2) is 9.97 Å². The Morgan fingerprint density at radius 1 is 0.679 bits per heavy atom. The third-order valence-electron chi connectivity index (χ3n) is 3.63. The van der Waals surface area contributed by atoms with Crippen molar-refractivity contribution in [2.75, 3.05) is 21.1 Å². The van der Waals surface area contributed by atoms with E-state index in [2.05, 4.69) is 25.7 Å². The van der Waals surface area contributed by atoms with E-state index in [0.717, 1.165) is 22.8 Å². The Kier molecular flexibility index (Phi) is 11.7. The first-order valence-corrected chi connectivity index (χ1v) is 8.71. The Hall–Kier alpha value is -3.06. The van der Waals surface area contributed by atoms with Gasteiger partial charge in [0.2, 0.25) is 0 Å². The van der Waals surface area contributed by atoms with Gasteiger partial charge in [0.25, 0.3) is 0 Å². The molecule has 0 aromatic carbocycles. The van der Waals surface area contributed by atoms with Gasteiger partial charge in [0, 0.05) is 27.9 Å². The van der Waals surface area contributed by atoms with Crippen molar-refractivity contribution in [2.24, 2.45) is 15.7 Å². The first kappa shape index (κ1) is 24.9. The molecular weight excluding hydrogens is 354 g/mol. The van der Waals surface area contributed by atoms with E-state index in [1.807, 2.05) is 32.0 Å². The monoisotopic (exact) mass is 383 g/mol. The van der Waals surface area contributed by atoms with Crippen LogP contribution < -0.4 is 5.73 Å². The molecule has 0 amide bonds. The lowest BCUT2D eigenvalue weighted by Crippen LogP contribution is -2.04. The van der Waals surface area contributed by atoms with Crippen molar-refractivity contribution in [3.8, 4) is 0 Å². The van der Waals surface area contributed by atoms with E-state index >= 15 is 0 Å².